The molecule has 1 rings (SSSR count). The van der Waals surface area contributed by atoms with Crippen LogP contribution in [0.5, 0.6) is 0 Å². The summed E-state index contributed by atoms with van der Waals surface area (Å²) in [6.07, 6.45) is 7.83. The molecular weight excluding hydrogens is 210 g/mol. The zero-order valence-corrected chi connectivity index (χ0v) is 12.1. The van der Waals surface area contributed by atoms with E-state index in [0.717, 1.165) is 19.0 Å². The lowest BCUT2D eigenvalue weighted by atomic mass is 9.88. The van der Waals surface area contributed by atoms with E-state index in [-0.39, 0.29) is 5.41 Å². The SMILES string of the molecule is CCCCCC1CCN(C(=O)C(C)(C)C)CC1. The molecule has 1 fully saturated rings. The second-order valence-corrected chi connectivity index (χ2v) is 6.48. The molecule has 1 saturated heterocycles. The number of hydrogen-bond acceptors (Lipinski definition) is 1. The molecule has 100 valence electrons. The Bertz CT molecular complexity index is 234. The molecule has 0 aromatic carbocycles. The van der Waals surface area contributed by atoms with Crippen LogP contribution in [-0.2, 0) is 4.79 Å². The summed E-state index contributed by atoms with van der Waals surface area (Å²) in [6, 6.07) is 0. The summed E-state index contributed by atoms with van der Waals surface area (Å²) in [5.41, 5.74) is -0.213. The third-order valence-corrected chi connectivity index (χ3v) is 3.76. The highest BCUT2D eigenvalue weighted by atomic mass is 16.2. The first-order valence-corrected chi connectivity index (χ1v) is 7.24. The van der Waals surface area contributed by atoms with Gasteiger partial charge in [0, 0.05) is 18.5 Å². The third-order valence-electron chi connectivity index (χ3n) is 3.76. The van der Waals surface area contributed by atoms with E-state index in [0.29, 0.717) is 5.91 Å². The van der Waals surface area contributed by atoms with Crippen LogP contribution in [0.15, 0.2) is 0 Å². The van der Waals surface area contributed by atoms with Crippen molar-refractivity contribution in [2.45, 2.75) is 66.2 Å². The zero-order valence-electron chi connectivity index (χ0n) is 12.1. The van der Waals surface area contributed by atoms with Gasteiger partial charge < -0.3 is 4.90 Å². The van der Waals surface area contributed by atoms with E-state index in [1.807, 2.05) is 20.8 Å². The van der Waals surface area contributed by atoms with E-state index in [2.05, 4.69) is 11.8 Å². The third kappa shape index (κ3) is 4.69. The van der Waals surface area contributed by atoms with Gasteiger partial charge in [0.15, 0.2) is 0 Å². The molecule has 0 atom stereocenters. The van der Waals surface area contributed by atoms with E-state index in [1.165, 1.54) is 38.5 Å². The van der Waals surface area contributed by atoms with Gasteiger partial charge in [-0.25, -0.2) is 0 Å². The van der Waals surface area contributed by atoms with Gasteiger partial charge in [-0.05, 0) is 18.8 Å². The minimum Gasteiger partial charge on any atom is -0.342 e. The maximum atomic E-state index is 12.1. The Balaban J connectivity index is 2.28. The Kier molecular flexibility index (Phi) is 5.48. The van der Waals surface area contributed by atoms with Crippen molar-refractivity contribution in [1.29, 1.82) is 0 Å². The fourth-order valence-electron chi connectivity index (χ4n) is 2.58. The van der Waals surface area contributed by atoms with Crippen LogP contribution in [0.25, 0.3) is 0 Å². The number of nitrogens with zero attached hydrogens (tertiary/aromatic N) is 1. The van der Waals surface area contributed by atoms with Gasteiger partial charge in [-0.2, -0.15) is 0 Å². The van der Waals surface area contributed by atoms with Crippen LogP contribution in [0, 0.1) is 11.3 Å². The quantitative estimate of drug-likeness (QED) is 0.682. The topological polar surface area (TPSA) is 20.3 Å². The van der Waals surface area contributed by atoms with E-state index < -0.39 is 0 Å². The van der Waals surface area contributed by atoms with Crippen molar-refractivity contribution in [3.63, 3.8) is 0 Å². The molecule has 0 aliphatic carbocycles. The zero-order chi connectivity index (χ0) is 12.9. The smallest absolute Gasteiger partial charge is 0.227 e. The molecule has 0 spiro atoms. The lowest BCUT2D eigenvalue weighted by Gasteiger charge is -2.35. The molecule has 1 amide bonds. The minimum absolute atomic E-state index is 0.213. The number of likely N-dealkylation sites (tertiary alicyclic amines) is 1. The average Bonchev–Trinajstić information content (AvgIpc) is 2.28. The predicted octanol–water partition coefficient (Wildman–Crippen LogP) is 3.85. The number of rotatable bonds is 4. The number of carbonyl (C=O) groups excluding carboxylic acids is 1. The first kappa shape index (κ1) is 14.5. The van der Waals surface area contributed by atoms with E-state index in [9.17, 15) is 4.79 Å². The van der Waals surface area contributed by atoms with Crippen molar-refractivity contribution in [2.24, 2.45) is 11.3 Å². The highest BCUT2D eigenvalue weighted by Gasteiger charge is 2.29. The lowest BCUT2D eigenvalue weighted by Crippen LogP contribution is -2.44. The van der Waals surface area contributed by atoms with Crippen LogP contribution in [0.3, 0.4) is 0 Å². The van der Waals surface area contributed by atoms with Crippen LogP contribution in [0.4, 0.5) is 0 Å². The van der Waals surface area contributed by atoms with Gasteiger partial charge in [0.05, 0.1) is 0 Å². The summed E-state index contributed by atoms with van der Waals surface area (Å²) in [5, 5.41) is 0. The van der Waals surface area contributed by atoms with E-state index in [1.54, 1.807) is 0 Å². The van der Waals surface area contributed by atoms with Crippen molar-refractivity contribution in [3.05, 3.63) is 0 Å². The summed E-state index contributed by atoms with van der Waals surface area (Å²) in [4.78, 5) is 14.2. The number of carbonyl (C=O) groups is 1. The molecule has 2 nitrogen and oxygen atoms in total. The predicted molar refractivity (Wildman–Crippen MR) is 72.9 cm³/mol. The number of unbranched alkanes of at least 4 members (excludes halogenated alkanes) is 2. The molecule has 0 unspecified atom stereocenters. The highest BCUT2D eigenvalue weighted by Crippen LogP contribution is 2.26. The standard InChI is InChI=1S/C15H29NO/c1-5-6-7-8-13-9-11-16(12-10-13)14(17)15(2,3)4/h13H,5-12H2,1-4H3. The molecule has 0 N–H and O–H groups in total. The summed E-state index contributed by atoms with van der Waals surface area (Å²) in [6.45, 7) is 10.3. The Hall–Kier alpha value is -0.530. The molecule has 1 heterocycles. The fourth-order valence-corrected chi connectivity index (χ4v) is 2.58. The number of amides is 1. The Morgan fingerprint density at radius 1 is 1.18 bits per heavy atom. The van der Waals surface area contributed by atoms with Crippen molar-refractivity contribution in [3.8, 4) is 0 Å². The van der Waals surface area contributed by atoms with Crippen LogP contribution < -0.4 is 0 Å². The molecule has 0 bridgehead atoms. The number of piperidine rings is 1. The molecule has 2 heteroatoms. The molecule has 1 aliphatic heterocycles. The van der Waals surface area contributed by atoms with E-state index >= 15 is 0 Å². The van der Waals surface area contributed by atoms with Crippen molar-refractivity contribution >= 4 is 5.91 Å². The molecular formula is C15H29NO. The molecule has 0 aromatic rings. The van der Waals surface area contributed by atoms with E-state index in [4.69, 9.17) is 0 Å². The Morgan fingerprint density at radius 3 is 2.24 bits per heavy atom. The van der Waals surface area contributed by atoms with Crippen LogP contribution in [-0.4, -0.2) is 23.9 Å². The summed E-state index contributed by atoms with van der Waals surface area (Å²) in [5.74, 6) is 1.19. The monoisotopic (exact) mass is 239 g/mol. The second-order valence-electron chi connectivity index (χ2n) is 6.48. The van der Waals surface area contributed by atoms with Crippen LogP contribution in [0.2, 0.25) is 0 Å². The van der Waals surface area contributed by atoms with Crippen molar-refractivity contribution in [2.75, 3.05) is 13.1 Å². The molecule has 0 radical (unpaired) electrons. The van der Waals surface area contributed by atoms with Gasteiger partial charge in [0.2, 0.25) is 5.91 Å². The molecule has 0 saturated carbocycles. The van der Waals surface area contributed by atoms with Crippen molar-refractivity contribution in [1.82, 2.24) is 4.90 Å². The maximum absolute atomic E-state index is 12.1. The summed E-state index contributed by atoms with van der Waals surface area (Å²) < 4.78 is 0. The van der Waals surface area contributed by atoms with Gasteiger partial charge in [-0.3, -0.25) is 4.79 Å². The van der Waals surface area contributed by atoms with Gasteiger partial charge >= 0.3 is 0 Å². The number of hydrogen-bond donors (Lipinski definition) is 0. The molecule has 17 heavy (non-hydrogen) atoms. The maximum Gasteiger partial charge on any atom is 0.227 e. The van der Waals surface area contributed by atoms with Crippen LogP contribution >= 0.6 is 0 Å². The average molecular weight is 239 g/mol. The second kappa shape index (κ2) is 6.42. The highest BCUT2D eigenvalue weighted by molar-refractivity contribution is 5.81. The minimum atomic E-state index is -0.213. The normalized spacial score (nSPS) is 18.5. The Labute approximate surface area is 107 Å². The first-order valence-electron chi connectivity index (χ1n) is 7.24. The molecule has 0 aromatic heterocycles. The fraction of sp³-hybridized carbons (Fsp3) is 0.933. The first-order chi connectivity index (χ1) is 7.95. The largest absolute Gasteiger partial charge is 0.342 e. The Morgan fingerprint density at radius 2 is 1.76 bits per heavy atom. The van der Waals surface area contributed by atoms with Gasteiger partial charge in [-0.1, -0.05) is 53.4 Å². The van der Waals surface area contributed by atoms with Gasteiger partial charge in [0.25, 0.3) is 0 Å². The molecule has 1 aliphatic rings. The summed E-state index contributed by atoms with van der Waals surface area (Å²) in [7, 11) is 0. The van der Waals surface area contributed by atoms with Crippen molar-refractivity contribution < 1.29 is 4.79 Å². The van der Waals surface area contributed by atoms with Gasteiger partial charge in [-0.15, -0.1) is 0 Å². The van der Waals surface area contributed by atoms with Gasteiger partial charge in [0.1, 0.15) is 0 Å². The lowest BCUT2D eigenvalue weighted by molar-refractivity contribution is -0.140. The summed E-state index contributed by atoms with van der Waals surface area (Å²) >= 11 is 0. The van der Waals surface area contributed by atoms with Crippen LogP contribution in [0.1, 0.15) is 66.2 Å².